The average Bonchev–Trinajstić information content (AvgIpc) is 0.861. The van der Waals surface area contributed by atoms with Crippen LogP contribution in [0.5, 0.6) is 0 Å². The molecule has 0 spiro atoms. The van der Waals surface area contributed by atoms with Crippen LogP contribution in [-0.4, -0.2) is 51.2 Å². The molecule has 0 unspecified atom stereocenters. The Morgan fingerprint density at radius 2 is 0.575 bits per heavy atom. The first-order valence-corrected chi connectivity index (χ1v) is 35.6. The van der Waals surface area contributed by atoms with Gasteiger partial charge in [0.05, 0.1) is 28.1 Å². The highest BCUT2D eigenvalue weighted by Crippen LogP contribution is 2.46. The molecule has 0 aliphatic carbocycles. The van der Waals surface area contributed by atoms with Crippen LogP contribution < -0.4 is 26.2 Å². The third kappa shape index (κ3) is 10.9. The maximum Gasteiger partial charge on any atom is 0.252 e. The Morgan fingerprint density at radius 3 is 1.11 bits per heavy atom. The van der Waals surface area contributed by atoms with Crippen molar-refractivity contribution in [1.82, 2.24) is 44.4 Å². The first-order chi connectivity index (χ1) is 52.5. The topological polar surface area (TPSA) is 115 Å². The SMILES string of the molecule is c1ccc(-c2cc(-c3ccc(-n4c5ccccc5c5cc(-c6nc(-c7ccccc7)nc(-c7ccccc7)n6)ccc54)c(-c4nc(-c5ccccc5)nc(-c5ccc(-c6ccc(N7c8ccccc8B8c9ccccc9N(c9ccccc9)c9cccc7c98)cc6)cc5)n4)c3)nc(-c3ccccc3)n2)cc1. The van der Waals surface area contributed by atoms with E-state index >= 15 is 0 Å². The maximum atomic E-state index is 5.57. The molecule has 2 aliphatic heterocycles. The third-order valence-corrected chi connectivity index (χ3v) is 20.3. The average molecular weight is 1350 g/mol. The largest absolute Gasteiger partial charge is 0.311 e. The van der Waals surface area contributed by atoms with Crippen molar-refractivity contribution in [3.63, 3.8) is 0 Å². The van der Waals surface area contributed by atoms with Gasteiger partial charge < -0.3 is 14.4 Å². The second kappa shape index (κ2) is 25.9. The van der Waals surface area contributed by atoms with Gasteiger partial charge in [-0.1, -0.05) is 273 Å². The van der Waals surface area contributed by atoms with Crippen molar-refractivity contribution in [2.24, 2.45) is 0 Å². The summed E-state index contributed by atoms with van der Waals surface area (Å²) >= 11 is 0. The van der Waals surface area contributed by atoms with E-state index in [0.29, 0.717) is 40.8 Å². The number of benzene rings is 14. The molecule has 0 bridgehead atoms. The lowest BCUT2D eigenvalue weighted by Crippen LogP contribution is -2.61. The third-order valence-electron chi connectivity index (χ3n) is 20.3. The van der Waals surface area contributed by atoms with Crippen molar-refractivity contribution in [1.29, 1.82) is 0 Å². The smallest absolute Gasteiger partial charge is 0.252 e. The number of anilines is 6. The Kier molecular flexibility index (Phi) is 15.0. The van der Waals surface area contributed by atoms with E-state index in [0.717, 1.165) is 111 Å². The van der Waals surface area contributed by atoms with E-state index in [1.165, 1.54) is 39.1 Å². The minimum absolute atomic E-state index is 0.0606. The minimum Gasteiger partial charge on any atom is -0.311 e. The van der Waals surface area contributed by atoms with Gasteiger partial charge in [-0.05, 0) is 119 Å². The second-order valence-electron chi connectivity index (χ2n) is 26.6. The molecular weight excluding hydrogens is 1290 g/mol. The molecule has 494 valence electrons. The van der Waals surface area contributed by atoms with E-state index in [1.54, 1.807) is 0 Å². The van der Waals surface area contributed by atoms with Gasteiger partial charge in [-0.2, -0.15) is 0 Å². The summed E-state index contributed by atoms with van der Waals surface area (Å²) in [5, 5.41) is 2.07. The molecule has 18 aromatic rings. The van der Waals surface area contributed by atoms with E-state index in [4.69, 9.17) is 39.9 Å². The summed E-state index contributed by atoms with van der Waals surface area (Å²) in [5.41, 5.74) is 25.1. The van der Waals surface area contributed by atoms with Crippen LogP contribution >= 0.6 is 0 Å². The van der Waals surface area contributed by atoms with Crippen molar-refractivity contribution in [2.45, 2.75) is 0 Å². The van der Waals surface area contributed by atoms with Gasteiger partial charge >= 0.3 is 0 Å². The van der Waals surface area contributed by atoms with E-state index < -0.39 is 0 Å². The first kappa shape index (κ1) is 61.5. The van der Waals surface area contributed by atoms with Gasteiger partial charge in [-0.3, -0.25) is 0 Å². The van der Waals surface area contributed by atoms with E-state index in [2.05, 4.69) is 263 Å². The fraction of sp³-hybridized carbons (Fsp3) is 0. The Labute approximate surface area is 612 Å². The summed E-state index contributed by atoms with van der Waals surface area (Å²) in [6.45, 7) is 0.0606. The molecule has 106 heavy (non-hydrogen) atoms. The number of para-hydroxylation sites is 4. The monoisotopic (exact) mass is 1350 g/mol. The molecule has 0 radical (unpaired) electrons. The van der Waals surface area contributed by atoms with Gasteiger partial charge in [0, 0.05) is 95.0 Å². The molecule has 2 aliphatic rings. The highest BCUT2D eigenvalue weighted by atomic mass is 15.2. The summed E-state index contributed by atoms with van der Waals surface area (Å²) in [5.74, 6) is 3.92. The number of rotatable bonds is 13. The molecule has 0 atom stereocenters. The minimum atomic E-state index is 0.0606. The maximum absolute atomic E-state index is 5.57. The Bertz CT molecular complexity index is 6270. The molecule has 0 N–H and O–H groups in total. The van der Waals surface area contributed by atoms with Gasteiger partial charge in [0.25, 0.3) is 6.71 Å². The van der Waals surface area contributed by atoms with Gasteiger partial charge in [0.2, 0.25) is 0 Å². The summed E-state index contributed by atoms with van der Waals surface area (Å²) in [6, 6.07) is 127. The number of nitrogens with zero attached hydrogens (tertiary/aromatic N) is 11. The van der Waals surface area contributed by atoms with Crippen molar-refractivity contribution < 1.29 is 0 Å². The molecule has 4 aromatic heterocycles. The van der Waals surface area contributed by atoms with E-state index in [-0.39, 0.29) is 6.71 Å². The van der Waals surface area contributed by atoms with Crippen LogP contribution in [0.25, 0.3) is 141 Å². The Morgan fingerprint density at radius 1 is 0.208 bits per heavy atom. The summed E-state index contributed by atoms with van der Waals surface area (Å²) in [7, 11) is 0. The van der Waals surface area contributed by atoms with Crippen LogP contribution in [0.15, 0.2) is 364 Å². The lowest BCUT2D eigenvalue weighted by molar-refractivity contribution is 1.06. The van der Waals surface area contributed by atoms with Crippen LogP contribution in [0.1, 0.15) is 0 Å². The fourth-order valence-electron chi connectivity index (χ4n) is 15.4. The molecule has 14 aromatic carbocycles. The second-order valence-corrected chi connectivity index (χ2v) is 26.6. The lowest BCUT2D eigenvalue weighted by atomic mass is 9.33. The van der Waals surface area contributed by atoms with Crippen molar-refractivity contribution in [3.05, 3.63) is 364 Å². The summed E-state index contributed by atoms with van der Waals surface area (Å²) in [6.07, 6.45) is 0. The van der Waals surface area contributed by atoms with Crippen LogP contribution in [0, 0.1) is 0 Å². The Hall–Kier alpha value is -14.4. The number of aromatic nitrogens is 9. The first-order valence-electron chi connectivity index (χ1n) is 35.6. The normalized spacial score (nSPS) is 12.1. The zero-order valence-electron chi connectivity index (χ0n) is 57.1. The van der Waals surface area contributed by atoms with Gasteiger partial charge in [0.15, 0.2) is 40.8 Å². The van der Waals surface area contributed by atoms with E-state index in [9.17, 15) is 0 Å². The lowest BCUT2D eigenvalue weighted by Gasteiger charge is -2.44. The molecule has 0 saturated carbocycles. The standard InChI is InChI=1S/C94H60BN11/c1-7-26-63(27-8-1)78-60-79(97-88(96-78)64-28-9-2-10-29-64)69-52-56-82(106-80-41-22-19-38-73(80)74-59-70(53-57-81(74)106)93-100-89(65-30-11-3-12-31-65)98-90(101-93)66-32-13-4-14-33-66)75(58-69)94-102-91(67-34-15-5-16-35-67)99-92(103-94)68-48-46-61(47-49-68)62-50-54-72(55-51-62)105-84-43-24-21-40-77(84)95-76-39-20-23-42-83(76)104(71-36-17-6-18-37-71)85-44-25-45-86(105)87(85)95/h1-60H. The number of hydrogen-bond donors (Lipinski definition) is 0. The van der Waals surface area contributed by atoms with Crippen molar-refractivity contribution in [2.75, 3.05) is 9.80 Å². The predicted molar refractivity (Wildman–Crippen MR) is 432 cm³/mol. The molecule has 20 rings (SSSR count). The molecule has 11 nitrogen and oxygen atoms in total. The highest BCUT2D eigenvalue weighted by molar-refractivity contribution is 7.00. The zero-order valence-corrected chi connectivity index (χ0v) is 57.1. The summed E-state index contributed by atoms with van der Waals surface area (Å²) < 4.78 is 2.33. The van der Waals surface area contributed by atoms with E-state index in [1.807, 2.05) is 115 Å². The van der Waals surface area contributed by atoms with Crippen molar-refractivity contribution in [3.8, 4) is 119 Å². The van der Waals surface area contributed by atoms with Crippen LogP contribution in [-0.2, 0) is 0 Å². The molecule has 6 heterocycles. The molecule has 12 heteroatoms. The molecule has 0 amide bonds. The number of hydrogen-bond acceptors (Lipinski definition) is 10. The van der Waals surface area contributed by atoms with Crippen LogP contribution in [0.4, 0.5) is 34.1 Å². The highest BCUT2D eigenvalue weighted by Gasteiger charge is 2.43. The van der Waals surface area contributed by atoms with Gasteiger partial charge in [0.1, 0.15) is 0 Å². The molecular formula is C94H60BN11. The quantitative estimate of drug-likeness (QED) is 0.103. The van der Waals surface area contributed by atoms with Gasteiger partial charge in [-0.25, -0.2) is 39.9 Å². The van der Waals surface area contributed by atoms with Crippen LogP contribution in [0.2, 0.25) is 0 Å². The van der Waals surface area contributed by atoms with Crippen molar-refractivity contribution >= 4 is 79.0 Å². The predicted octanol–water partition coefficient (Wildman–Crippen LogP) is 20.7. The van der Waals surface area contributed by atoms with Crippen LogP contribution in [0.3, 0.4) is 0 Å². The Balaban J connectivity index is 0.721. The molecule has 0 fully saturated rings. The molecule has 0 saturated heterocycles. The zero-order chi connectivity index (χ0) is 70.0. The number of fused-ring (bicyclic) bond motifs is 7. The van der Waals surface area contributed by atoms with Gasteiger partial charge in [-0.15, -0.1) is 0 Å². The fourth-order valence-corrected chi connectivity index (χ4v) is 15.4. The summed E-state index contributed by atoms with van der Waals surface area (Å²) in [4.78, 5) is 47.2.